The number of hydrogen-bond acceptors (Lipinski definition) is 5. The second kappa shape index (κ2) is 7.02. The number of carbonyl (C=O) groups excluding carboxylic acids is 4. The number of aromatic nitrogens is 1. The highest BCUT2D eigenvalue weighted by Crippen LogP contribution is 2.34. The lowest BCUT2D eigenvalue weighted by molar-refractivity contribution is -0.135. The Morgan fingerprint density at radius 1 is 0.810 bits per heavy atom. The van der Waals surface area contributed by atoms with E-state index in [1.54, 1.807) is 18.2 Å². The molecule has 0 fully saturated rings. The molecule has 0 saturated carbocycles. The molecule has 0 amide bonds. The van der Waals surface area contributed by atoms with Crippen molar-refractivity contribution in [2.24, 2.45) is 11.8 Å². The van der Waals surface area contributed by atoms with E-state index in [-0.39, 0.29) is 23.1 Å². The molecule has 0 saturated heterocycles. The van der Waals surface area contributed by atoms with Crippen LogP contribution in [-0.2, 0) is 19.2 Å². The Morgan fingerprint density at radius 2 is 1.24 bits per heavy atom. The minimum Gasteiger partial charge on any atom is -0.299 e. The molecule has 21 heavy (non-hydrogen) atoms. The average Bonchev–Trinajstić information content (AvgIpc) is 2.37. The monoisotopic (exact) mass is 289 g/mol. The molecule has 0 spiro atoms. The summed E-state index contributed by atoms with van der Waals surface area (Å²) in [5.74, 6) is -4.42. The van der Waals surface area contributed by atoms with Crippen molar-refractivity contribution < 1.29 is 19.2 Å². The van der Waals surface area contributed by atoms with Gasteiger partial charge in [0, 0.05) is 17.8 Å². The standard InChI is InChI=1S/C16H19NO4/c1-9(18)14(10(2)19)16(13-7-5-6-8-17-13)15(11(3)20)12(4)21/h5-8,14-16H,1-4H3. The second-order valence-electron chi connectivity index (χ2n) is 5.18. The molecule has 1 aromatic heterocycles. The van der Waals surface area contributed by atoms with E-state index in [0.29, 0.717) is 5.69 Å². The molecule has 5 heteroatoms. The first-order valence-corrected chi connectivity index (χ1v) is 6.70. The molecular weight excluding hydrogens is 270 g/mol. The van der Waals surface area contributed by atoms with Crippen molar-refractivity contribution in [2.45, 2.75) is 33.6 Å². The van der Waals surface area contributed by atoms with Crippen molar-refractivity contribution in [3.63, 3.8) is 0 Å². The third kappa shape index (κ3) is 3.90. The zero-order valence-corrected chi connectivity index (χ0v) is 12.6. The summed E-state index contributed by atoms with van der Waals surface area (Å²) >= 11 is 0. The predicted octanol–water partition coefficient (Wildman–Crippen LogP) is 1.75. The van der Waals surface area contributed by atoms with Gasteiger partial charge in [-0.3, -0.25) is 24.2 Å². The van der Waals surface area contributed by atoms with Crippen LogP contribution in [0, 0.1) is 11.8 Å². The maximum atomic E-state index is 11.9. The molecule has 1 rings (SSSR count). The molecule has 0 N–H and O–H groups in total. The van der Waals surface area contributed by atoms with E-state index in [1.165, 1.54) is 33.9 Å². The third-order valence-electron chi connectivity index (χ3n) is 3.50. The molecule has 0 aliphatic carbocycles. The number of nitrogens with zero attached hydrogens (tertiary/aromatic N) is 1. The van der Waals surface area contributed by atoms with Crippen molar-refractivity contribution in [1.29, 1.82) is 0 Å². The lowest BCUT2D eigenvalue weighted by Gasteiger charge is -2.28. The van der Waals surface area contributed by atoms with Crippen LogP contribution in [-0.4, -0.2) is 28.1 Å². The number of carbonyl (C=O) groups is 4. The average molecular weight is 289 g/mol. The van der Waals surface area contributed by atoms with Gasteiger partial charge in [0.1, 0.15) is 23.1 Å². The van der Waals surface area contributed by atoms with Crippen LogP contribution in [0.15, 0.2) is 24.4 Å². The van der Waals surface area contributed by atoms with E-state index in [2.05, 4.69) is 4.98 Å². The van der Waals surface area contributed by atoms with Crippen LogP contribution < -0.4 is 0 Å². The summed E-state index contributed by atoms with van der Waals surface area (Å²) in [6, 6.07) is 5.01. The molecule has 1 aromatic rings. The van der Waals surface area contributed by atoms with Crippen LogP contribution in [0.1, 0.15) is 39.3 Å². The van der Waals surface area contributed by atoms with E-state index in [4.69, 9.17) is 0 Å². The van der Waals surface area contributed by atoms with Crippen molar-refractivity contribution in [3.05, 3.63) is 30.1 Å². The first-order valence-electron chi connectivity index (χ1n) is 6.70. The van der Waals surface area contributed by atoms with Crippen LogP contribution in [0.5, 0.6) is 0 Å². The molecule has 0 atom stereocenters. The second-order valence-corrected chi connectivity index (χ2v) is 5.18. The summed E-state index contributed by atoms with van der Waals surface area (Å²) in [5.41, 5.74) is 0.406. The van der Waals surface area contributed by atoms with E-state index < -0.39 is 17.8 Å². The molecule has 0 unspecified atom stereocenters. The quantitative estimate of drug-likeness (QED) is 0.714. The summed E-state index contributed by atoms with van der Waals surface area (Å²) in [5, 5.41) is 0. The zero-order valence-electron chi connectivity index (χ0n) is 12.6. The van der Waals surface area contributed by atoms with Gasteiger partial charge in [-0.15, -0.1) is 0 Å². The Balaban J connectivity index is 3.48. The molecule has 0 aliphatic rings. The smallest absolute Gasteiger partial charge is 0.140 e. The Labute approximate surface area is 123 Å². The highest BCUT2D eigenvalue weighted by molar-refractivity contribution is 6.06. The number of rotatable bonds is 7. The molecule has 0 aromatic carbocycles. The largest absolute Gasteiger partial charge is 0.299 e. The third-order valence-corrected chi connectivity index (χ3v) is 3.50. The Morgan fingerprint density at radius 3 is 1.52 bits per heavy atom. The van der Waals surface area contributed by atoms with Gasteiger partial charge in [-0.2, -0.15) is 0 Å². The molecule has 0 aliphatic heterocycles. The summed E-state index contributed by atoms with van der Waals surface area (Å²) in [4.78, 5) is 51.7. The Kier molecular flexibility index (Phi) is 5.64. The molecule has 5 nitrogen and oxygen atoms in total. The van der Waals surface area contributed by atoms with E-state index in [0.717, 1.165) is 0 Å². The lowest BCUT2D eigenvalue weighted by atomic mass is 9.72. The van der Waals surface area contributed by atoms with E-state index in [1.807, 2.05) is 0 Å². The van der Waals surface area contributed by atoms with Crippen LogP contribution in [0.3, 0.4) is 0 Å². The van der Waals surface area contributed by atoms with Gasteiger partial charge in [-0.25, -0.2) is 0 Å². The maximum absolute atomic E-state index is 11.9. The Bertz CT molecular complexity index is 505. The first-order chi connectivity index (χ1) is 9.77. The van der Waals surface area contributed by atoms with Gasteiger partial charge in [0.2, 0.25) is 0 Å². The number of ketones is 4. The van der Waals surface area contributed by atoms with Crippen LogP contribution >= 0.6 is 0 Å². The highest BCUT2D eigenvalue weighted by atomic mass is 16.2. The van der Waals surface area contributed by atoms with Gasteiger partial charge < -0.3 is 0 Å². The van der Waals surface area contributed by atoms with Crippen LogP contribution in [0.4, 0.5) is 0 Å². The van der Waals surface area contributed by atoms with Crippen LogP contribution in [0.25, 0.3) is 0 Å². The predicted molar refractivity (Wildman–Crippen MR) is 76.7 cm³/mol. The highest BCUT2D eigenvalue weighted by Gasteiger charge is 2.41. The van der Waals surface area contributed by atoms with Crippen molar-refractivity contribution in [3.8, 4) is 0 Å². The molecular formula is C16H19NO4. The van der Waals surface area contributed by atoms with Gasteiger partial charge in [0.25, 0.3) is 0 Å². The summed E-state index contributed by atoms with van der Waals surface area (Å²) < 4.78 is 0. The number of pyridine rings is 1. The maximum Gasteiger partial charge on any atom is 0.140 e. The minimum atomic E-state index is -1.04. The van der Waals surface area contributed by atoms with E-state index >= 15 is 0 Å². The number of hydrogen-bond donors (Lipinski definition) is 0. The molecule has 1 heterocycles. The molecule has 0 radical (unpaired) electrons. The zero-order chi connectivity index (χ0) is 16.2. The topological polar surface area (TPSA) is 81.2 Å². The van der Waals surface area contributed by atoms with Gasteiger partial charge in [-0.1, -0.05) is 6.07 Å². The first kappa shape index (κ1) is 16.9. The fourth-order valence-electron chi connectivity index (χ4n) is 2.69. The van der Waals surface area contributed by atoms with E-state index in [9.17, 15) is 19.2 Å². The fourth-order valence-corrected chi connectivity index (χ4v) is 2.69. The summed E-state index contributed by atoms with van der Waals surface area (Å²) in [6.45, 7) is 5.16. The SMILES string of the molecule is CC(=O)C(C(C)=O)C(c1ccccn1)C(C(C)=O)C(C)=O. The lowest BCUT2D eigenvalue weighted by Crippen LogP contribution is -2.38. The van der Waals surface area contributed by atoms with Gasteiger partial charge in [0.05, 0.1) is 11.8 Å². The summed E-state index contributed by atoms with van der Waals surface area (Å²) in [6.07, 6.45) is 1.51. The molecule has 112 valence electrons. The van der Waals surface area contributed by atoms with Crippen molar-refractivity contribution in [1.82, 2.24) is 4.98 Å². The fraction of sp³-hybridized carbons (Fsp3) is 0.438. The minimum absolute atomic E-state index is 0.370. The van der Waals surface area contributed by atoms with Gasteiger partial charge in [0.15, 0.2) is 0 Å². The summed E-state index contributed by atoms with van der Waals surface area (Å²) in [7, 11) is 0. The molecule has 0 bridgehead atoms. The normalized spacial score (nSPS) is 11.0. The van der Waals surface area contributed by atoms with Gasteiger partial charge in [-0.05, 0) is 39.8 Å². The van der Waals surface area contributed by atoms with Crippen molar-refractivity contribution >= 4 is 23.1 Å². The van der Waals surface area contributed by atoms with Crippen LogP contribution in [0.2, 0.25) is 0 Å². The van der Waals surface area contributed by atoms with Gasteiger partial charge >= 0.3 is 0 Å². The van der Waals surface area contributed by atoms with Crippen molar-refractivity contribution in [2.75, 3.05) is 0 Å². The number of Topliss-reactive ketones (excluding diaryl/α,β-unsaturated/α-hetero) is 4. The Hall–Kier alpha value is -2.17.